The van der Waals surface area contributed by atoms with Gasteiger partial charge in [0.1, 0.15) is 10.6 Å². The van der Waals surface area contributed by atoms with Crippen LogP contribution >= 0.6 is 11.3 Å². The Labute approximate surface area is 172 Å². The molecule has 0 N–H and O–H groups in total. The smallest absolute Gasteiger partial charge is 0.230 e. The number of benzene rings is 3. The molecule has 0 saturated heterocycles. The molecule has 3 aromatic carbocycles. The standard InChI is InChI=1S/C25H18N2OS/c1-17-11-13-18(14-12-17)22-16-29-25(27-22)21-15-19-7-5-6-10-23(19)28-24(21)26-20-8-3-2-4-9-20/h2-16H,1H3. The van der Waals surface area contributed by atoms with Crippen molar-refractivity contribution in [3.63, 3.8) is 0 Å². The average Bonchev–Trinajstić information content (AvgIpc) is 3.24. The van der Waals surface area contributed by atoms with E-state index in [1.54, 1.807) is 11.3 Å². The fraction of sp³-hybridized carbons (Fsp3) is 0.0400. The van der Waals surface area contributed by atoms with Gasteiger partial charge in [0.15, 0.2) is 0 Å². The van der Waals surface area contributed by atoms with Gasteiger partial charge in [-0.05, 0) is 31.2 Å². The quantitative estimate of drug-likeness (QED) is 0.339. The fourth-order valence-electron chi connectivity index (χ4n) is 3.18. The first kappa shape index (κ1) is 17.6. The summed E-state index contributed by atoms with van der Waals surface area (Å²) in [5.41, 5.74) is 6.43. The van der Waals surface area contributed by atoms with Crippen molar-refractivity contribution in [2.24, 2.45) is 4.99 Å². The monoisotopic (exact) mass is 394 g/mol. The lowest BCUT2D eigenvalue weighted by Crippen LogP contribution is -2.05. The topological polar surface area (TPSA) is 38.4 Å². The van der Waals surface area contributed by atoms with Crippen molar-refractivity contribution in [3.8, 4) is 21.8 Å². The molecule has 0 aliphatic carbocycles. The van der Waals surface area contributed by atoms with Gasteiger partial charge in [0.05, 0.1) is 16.9 Å². The number of aryl methyl sites for hydroxylation is 1. The first-order valence-corrected chi connectivity index (χ1v) is 10.3. The number of para-hydroxylation sites is 2. The summed E-state index contributed by atoms with van der Waals surface area (Å²) in [7, 11) is 0. The summed E-state index contributed by atoms with van der Waals surface area (Å²) < 4.78 is 6.18. The van der Waals surface area contributed by atoms with E-state index in [9.17, 15) is 0 Å². The number of hydrogen-bond donors (Lipinski definition) is 0. The molecule has 2 heterocycles. The minimum Gasteiger partial charge on any atom is -0.438 e. The van der Waals surface area contributed by atoms with E-state index in [1.807, 2.05) is 54.6 Å². The van der Waals surface area contributed by atoms with Crippen molar-refractivity contribution >= 4 is 28.0 Å². The molecule has 3 nitrogen and oxygen atoms in total. The van der Waals surface area contributed by atoms with E-state index in [0.29, 0.717) is 5.55 Å². The number of nitrogens with zero attached hydrogens (tertiary/aromatic N) is 2. The van der Waals surface area contributed by atoms with Crippen LogP contribution in [0.4, 0.5) is 5.69 Å². The van der Waals surface area contributed by atoms with Crippen molar-refractivity contribution < 1.29 is 4.42 Å². The molecule has 0 saturated carbocycles. The Morgan fingerprint density at radius 2 is 1.62 bits per heavy atom. The Bertz CT molecular complexity index is 1350. The molecule has 29 heavy (non-hydrogen) atoms. The van der Waals surface area contributed by atoms with E-state index in [1.165, 1.54) is 5.56 Å². The van der Waals surface area contributed by atoms with Gasteiger partial charge in [-0.2, -0.15) is 0 Å². The molecule has 0 atom stereocenters. The minimum absolute atomic E-state index is 0.569. The summed E-state index contributed by atoms with van der Waals surface area (Å²) >= 11 is 1.60. The lowest BCUT2D eigenvalue weighted by Gasteiger charge is -2.03. The molecule has 0 radical (unpaired) electrons. The van der Waals surface area contributed by atoms with Crippen molar-refractivity contribution in [2.45, 2.75) is 6.92 Å². The third kappa shape index (κ3) is 3.62. The Morgan fingerprint density at radius 1 is 0.862 bits per heavy atom. The van der Waals surface area contributed by atoms with E-state index < -0.39 is 0 Å². The average molecular weight is 394 g/mol. The predicted octanol–water partition coefficient (Wildman–Crippen LogP) is 6.76. The summed E-state index contributed by atoms with van der Waals surface area (Å²) in [6.45, 7) is 2.09. The highest BCUT2D eigenvalue weighted by atomic mass is 32.1. The SMILES string of the molecule is Cc1ccc(-c2csc(-c3cc4ccccc4oc3=Nc3ccccc3)n2)cc1. The van der Waals surface area contributed by atoms with Crippen LogP contribution in [0, 0.1) is 6.92 Å². The largest absolute Gasteiger partial charge is 0.438 e. The molecule has 0 aliphatic rings. The summed E-state index contributed by atoms with van der Waals surface area (Å²) in [4.78, 5) is 9.65. The number of rotatable bonds is 3. The summed E-state index contributed by atoms with van der Waals surface area (Å²) in [6, 6.07) is 28.4. The maximum atomic E-state index is 6.18. The molecular formula is C25H18N2OS. The molecule has 5 aromatic rings. The Hall–Kier alpha value is -3.50. The van der Waals surface area contributed by atoms with Crippen LogP contribution in [-0.2, 0) is 0 Å². The normalized spacial score (nSPS) is 11.8. The van der Waals surface area contributed by atoms with Gasteiger partial charge in [-0.1, -0.05) is 66.2 Å². The van der Waals surface area contributed by atoms with Crippen LogP contribution in [0.5, 0.6) is 0 Å². The van der Waals surface area contributed by atoms with E-state index in [0.717, 1.165) is 38.5 Å². The third-order valence-electron chi connectivity index (χ3n) is 4.72. The van der Waals surface area contributed by atoms with E-state index in [-0.39, 0.29) is 0 Å². The molecule has 0 bridgehead atoms. The van der Waals surface area contributed by atoms with Gasteiger partial charge < -0.3 is 4.42 Å². The van der Waals surface area contributed by atoms with Crippen LogP contribution in [0.15, 0.2) is 99.7 Å². The lowest BCUT2D eigenvalue weighted by molar-refractivity contribution is 0.547. The van der Waals surface area contributed by atoms with Crippen LogP contribution in [0.1, 0.15) is 5.56 Å². The Kier molecular flexibility index (Phi) is 4.54. The zero-order chi connectivity index (χ0) is 19.6. The van der Waals surface area contributed by atoms with Gasteiger partial charge in [-0.25, -0.2) is 9.98 Å². The van der Waals surface area contributed by atoms with Gasteiger partial charge in [0.25, 0.3) is 0 Å². The van der Waals surface area contributed by atoms with Crippen molar-refractivity contribution in [3.05, 3.63) is 101 Å². The maximum Gasteiger partial charge on any atom is 0.230 e. The third-order valence-corrected chi connectivity index (χ3v) is 5.60. The second-order valence-corrected chi connectivity index (χ2v) is 7.71. The van der Waals surface area contributed by atoms with E-state index >= 15 is 0 Å². The number of fused-ring (bicyclic) bond motifs is 1. The number of hydrogen-bond acceptors (Lipinski definition) is 4. The van der Waals surface area contributed by atoms with E-state index in [4.69, 9.17) is 14.4 Å². The van der Waals surface area contributed by atoms with Crippen LogP contribution in [0.3, 0.4) is 0 Å². The minimum atomic E-state index is 0.569. The molecule has 0 unspecified atom stereocenters. The first-order valence-electron chi connectivity index (χ1n) is 9.42. The highest BCUT2D eigenvalue weighted by Gasteiger charge is 2.12. The van der Waals surface area contributed by atoms with Crippen LogP contribution < -0.4 is 5.55 Å². The summed E-state index contributed by atoms with van der Waals surface area (Å²) in [6.07, 6.45) is 0. The molecule has 140 valence electrons. The van der Waals surface area contributed by atoms with Gasteiger partial charge >= 0.3 is 0 Å². The molecule has 0 amide bonds. The van der Waals surface area contributed by atoms with Gasteiger partial charge in [0.2, 0.25) is 5.55 Å². The molecule has 4 heteroatoms. The second kappa shape index (κ2) is 7.49. The Morgan fingerprint density at radius 3 is 2.45 bits per heavy atom. The van der Waals surface area contributed by atoms with Crippen molar-refractivity contribution in [1.29, 1.82) is 0 Å². The maximum absolute atomic E-state index is 6.18. The Balaban J connectivity index is 1.69. The second-order valence-electron chi connectivity index (χ2n) is 6.85. The molecule has 5 rings (SSSR count). The van der Waals surface area contributed by atoms with Gasteiger partial charge in [0, 0.05) is 16.3 Å². The first-order chi connectivity index (χ1) is 14.3. The zero-order valence-electron chi connectivity index (χ0n) is 15.9. The van der Waals surface area contributed by atoms with Crippen molar-refractivity contribution in [2.75, 3.05) is 0 Å². The summed E-state index contributed by atoms with van der Waals surface area (Å²) in [5, 5.41) is 4.01. The predicted molar refractivity (Wildman–Crippen MR) is 119 cm³/mol. The van der Waals surface area contributed by atoms with Crippen molar-refractivity contribution in [1.82, 2.24) is 4.98 Å². The molecule has 2 aromatic heterocycles. The van der Waals surface area contributed by atoms with Crippen LogP contribution in [0.25, 0.3) is 32.8 Å². The molecule has 0 aliphatic heterocycles. The molecular weight excluding hydrogens is 376 g/mol. The highest BCUT2D eigenvalue weighted by Crippen LogP contribution is 2.29. The van der Waals surface area contributed by atoms with Crippen LogP contribution in [-0.4, -0.2) is 4.98 Å². The fourth-order valence-corrected chi connectivity index (χ4v) is 4.02. The zero-order valence-corrected chi connectivity index (χ0v) is 16.7. The molecule has 0 fully saturated rings. The van der Waals surface area contributed by atoms with Gasteiger partial charge in [-0.3, -0.25) is 0 Å². The highest BCUT2D eigenvalue weighted by molar-refractivity contribution is 7.13. The number of thiazole rings is 1. The van der Waals surface area contributed by atoms with Gasteiger partial charge in [-0.15, -0.1) is 11.3 Å². The van der Waals surface area contributed by atoms with Crippen LogP contribution in [0.2, 0.25) is 0 Å². The number of aromatic nitrogens is 1. The molecule has 0 spiro atoms. The lowest BCUT2D eigenvalue weighted by atomic mass is 10.1. The summed E-state index contributed by atoms with van der Waals surface area (Å²) in [5.74, 6) is 0. The van der Waals surface area contributed by atoms with E-state index in [2.05, 4.69) is 42.6 Å².